The Kier molecular flexibility index (Phi) is 4.97. The Balaban J connectivity index is 1.49. The summed E-state index contributed by atoms with van der Waals surface area (Å²) in [6, 6.07) is 0.698. The molecule has 1 saturated heterocycles. The van der Waals surface area contributed by atoms with E-state index in [1.54, 1.807) is 7.11 Å². The maximum absolute atomic E-state index is 12.5. The Labute approximate surface area is 131 Å². The highest BCUT2D eigenvalue weighted by molar-refractivity contribution is 5.74. The van der Waals surface area contributed by atoms with Gasteiger partial charge in [0.05, 0.1) is 18.5 Å². The van der Waals surface area contributed by atoms with Gasteiger partial charge in [-0.3, -0.25) is 0 Å². The van der Waals surface area contributed by atoms with E-state index < -0.39 is 0 Å². The van der Waals surface area contributed by atoms with Gasteiger partial charge in [0.25, 0.3) is 0 Å². The highest BCUT2D eigenvalue weighted by atomic mass is 16.5. The van der Waals surface area contributed by atoms with Crippen LogP contribution in [0.5, 0.6) is 0 Å². The Morgan fingerprint density at radius 1 is 1.23 bits per heavy atom. The summed E-state index contributed by atoms with van der Waals surface area (Å²) in [5, 5.41) is 3.18. The third kappa shape index (κ3) is 3.43. The zero-order valence-corrected chi connectivity index (χ0v) is 13.3. The fourth-order valence-corrected chi connectivity index (χ4v) is 3.65. The molecule has 2 aliphatic rings. The fraction of sp³-hybridized carbons (Fsp3) is 0.750. The molecule has 2 fully saturated rings. The summed E-state index contributed by atoms with van der Waals surface area (Å²) < 4.78 is 7.66. The van der Waals surface area contributed by atoms with Crippen LogP contribution in [0.2, 0.25) is 0 Å². The van der Waals surface area contributed by atoms with Gasteiger partial charge in [0.2, 0.25) is 0 Å². The molecule has 2 amide bonds. The van der Waals surface area contributed by atoms with Gasteiger partial charge >= 0.3 is 6.03 Å². The minimum absolute atomic E-state index is 0.0676. The van der Waals surface area contributed by atoms with Crippen molar-refractivity contribution in [3.63, 3.8) is 0 Å². The van der Waals surface area contributed by atoms with Crippen LogP contribution in [-0.2, 0) is 4.74 Å². The van der Waals surface area contributed by atoms with Crippen LogP contribution in [-0.4, -0.2) is 52.8 Å². The topological polar surface area (TPSA) is 59.4 Å². The number of ether oxygens (including phenoxy) is 1. The highest BCUT2D eigenvalue weighted by Gasteiger charge is 2.29. The lowest BCUT2D eigenvalue weighted by Crippen LogP contribution is -2.52. The number of urea groups is 1. The van der Waals surface area contributed by atoms with Crippen molar-refractivity contribution in [1.82, 2.24) is 19.8 Å². The summed E-state index contributed by atoms with van der Waals surface area (Å²) in [6.45, 7) is 1.61. The molecule has 2 atom stereocenters. The van der Waals surface area contributed by atoms with E-state index in [1.807, 2.05) is 23.6 Å². The number of hydrogen-bond donors (Lipinski definition) is 1. The maximum Gasteiger partial charge on any atom is 0.317 e. The van der Waals surface area contributed by atoms with Crippen LogP contribution < -0.4 is 5.32 Å². The summed E-state index contributed by atoms with van der Waals surface area (Å²) in [5.74, 6) is 0. The average molecular weight is 306 g/mol. The molecule has 1 aromatic heterocycles. The van der Waals surface area contributed by atoms with Crippen molar-refractivity contribution in [3.8, 4) is 0 Å². The Hall–Kier alpha value is -1.56. The summed E-state index contributed by atoms with van der Waals surface area (Å²) in [6.07, 6.45) is 12.3. The number of carbonyl (C=O) groups is 1. The number of rotatable bonds is 3. The first kappa shape index (κ1) is 15.3. The molecule has 1 aliphatic carbocycles. The number of carbonyl (C=O) groups excluding carboxylic acids is 1. The number of nitrogens with one attached hydrogen (secondary N) is 1. The summed E-state index contributed by atoms with van der Waals surface area (Å²) in [7, 11) is 1.74. The van der Waals surface area contributed by atoms with E-state index >= 15 is 0 Å². The molecule has 3 rings (SSSR count). The number of amides is 2. The van der Waals surface area contributed by atoms with Crippen LogP contribution in [0, 0.1) is 0 Å². The third-order valence-electron chi connectivity index (χ3n) is 5.01. The highest BCUT2D eigenvalue weighted by Crippen LogP contribution is 2.24. The lowest BCUT2D eigenvalue weighted by atomic mass is 9.92. The number of methoxy groups -OCH3 is 1. The third-order valence-corrected chi connectivity index (χ3v) is 5.01. The molecule has 122 valence electrons. The zero-order valence-electron chi connectivity index (χ0n) is 13.3. The van der Waals surface area contributed by atoms with Crippen LogP contribution in [0.1, 0.15) is 44.6 Å². The fourth-order valence-electron chi connectivity index (χ4n) is 3.65. The number of aromatic nitrogens is 2. The molecule has 6 heteroatoms. The van der Waals surface area contributed by atoms with E-state index in [-0.39, 0.29) is 18.2 Å². The Bertz CT molecular complexity index is 469. The number of hydrogen-bond acceptors (Lipinski definition) is 3. The molecule has 1 aliphatic heterocycles. The van der Waals surface area contributed by atoms with E-state index in [0.717, 1.165) is 38.8 Å². The molecule has 1 N–H and O–H groups in total. The molecule has 22 heavy (non-hydrogen) atoms. The molecule has 1 saturated carbocycles. The molecule has 0 aromatic carbocycles. The van der Waals surface area contributed by atoms with Gasteiger partial charge < -0.3 is 19.5 Å². The molecule has 2 unspecified atom stereocenters. The predicted molar refractivity (Wildman–Crippen MR) is 83.7 cm³/mol. The molecule has 0 spiro atoms. The summed E-state index contributed by atoms with van der Waals surface area (Å²) in [5.41, 5.74) is 0. The van der Waals surface area contributed by atoms with Crippen LogP contribution in [0.3, 0.4) is 0 Å². The van der Waals surface area contributed by atoms with Gasteiger partial charge in [0.1, 0.15) is 0 Å². The maximum atomic E-state index is 12.5. The second-order valence-corrected chi connectivity index (χ2v) is 6.34. The molecule has 1 aromatic rings. The quantitative estimate of drug-likeness (QED) is 0.931. The van der Waals surface area contributed by atoms with Crippen LogP contribution in [0.25, 0.3) is 0 Å². The largest absolute Gasteiger partial charge is 0.379 e. The minimum atomic E-state index is 0.0676. The first-order valence-electron chi connectivity index (χ1n) is 8.33. The van der Waals surface area contributed by atoms with Crippen molar-refractivity contribution < 1.29 is 9.53 Å². The van der Waals surface area contributed by atoms with E-state index in [4.69, 9.17) is 4.74 Å². The van der Waals surface area contributed by atoms with Gasteiger partial charge in [-0.05, 0) is 25.7 Å². The second kappa shape index (κ2) is 7.13. The molecule has 2 heterocycles. The minimum Gasteiger partial charge on any atom is -0.379 e. The van der Waals surface area contributed by atoms with Crippen molar-refractivity contribution >= 4 is 6.03 Å². The molecular formula is C16H26N4O2. The van der Waals surface area contributed by atoms with Gasteiger partial charge in [-0.2, -0.15) is 0 Å². The van der Waals surface area contributed by atoms with E-state index in [2.05, 4.69) is 14.9 Å². The molecule has 6 nitrogen and oxygen atoms in total. The standard InChI is InChI=1S/C16H26N4O2/c1-22-15-5-3-2-4-14(15)18-16(21)19-9-6-13(7-10-19)20-11-8-17-12-20/h8,11-15H,2-7,9-10H2,1H3,(H,18,21). The van der Waals surface area contributed by atoms with Crippen molar-refractivity contribution in [2.24, 2.45) is 0 Å². The Morgan fingerprint density at radius 2 is 2.00 bits per heavy atom. The van der Waals surface area contributed by atoms with Crippen molar-refractivity contribution in [1.29, 1.82) is 0 Å². The lowest BCUT2D eigenvalue weighted by Gasteiger charge is -2.36. The molecule has 0 radical (unpaired) electrons. The van der Waals surface area contributed by atoms with E-state index in [0.29, 0.717) is 6.04 Å². The Morgan fingerprint density at radius 3 is 2.68 bits per heavy atom. The number of likely N-dealkylation sites (tertiary alicyclic amines) is 1. The van der Waals surface area contributed by atoms with Crippen LogP contribution in [0.4, 0.5) is 4.79 Å². The first-order chi connectivity index (χ1) is 10.8. The van der Waals surface area contributed by atoms with Crippen LogP contribution in [0.15, 0.2) is 18.7 Å². The molecular weight excluding hydrogens is 280 g/mol. The smallest absolute Gasteiger partial charge is 0.317 e. The van der Waals surface area contributed by atoms with Gasteiger partial charge in [0, 0.05) is 38.6 Å². The summed E-state index contributed by atoms with van der Waals surface area (Å²) >= 11 is 0. The van der Waals surface area contributed by atoms with Crippen molar-refractivity contribution in [2.75, 3.05) is 20.2 Å². The number of piperidine rings is 1. The summed E-state index contributed by atoms with van der Waals surface area (Å²) in [4.78, 5) is 18.5. The zero-order chi connectivity index (χ0) is 15.4. The van der Waals surface area contributed by atoms with Crippen LogP contribution >= 0.6 is 0 Å². The lowest BCUT2D eigenvalue weighted by molar-refractivity contribution is 0.0424. The van der Waals surface area contributed by atoms with E-state index in [9.17, 15) is 4.79 Å². The predicted octanol–water partition coefficient (Wildman–Crippen LogP) is 2.19. The van der Waals surface area contributed by atoms with E-state index in [1.165, 1.54) is 12.8 Å². The van der Waals surface area contributed by atoms with Crippen molar-refractivity contribution in [3.05, 3.63) is 18.7 Å². The van der Waals surface area contributed by atoms with Gasteiger partial charge in [-0.15, -0.1) is 0 Å². The van der Waals surface area contributed by atoms with Gasteiger partial charge in [0.15, 0.2) is 0 Å². The van der Waals surface area contributed by atoms with Crippen molar-refractivity contribution in [2.45, 2.75) is 56.7 Å². The second-order valence-electron chi connectivity index (χ2n) is 6.34. The molecule has 0 bridgehead atoms. The number of imidazole rings is 1. The average Bonchev–Trinajstić information content (AvgIpc) is 3.10. The normalized spacial score (nSPS) is 26.9. The SMILES string of the molecule is COC1CCCCC1NC(=O)N1CCC(n2ccnc2)CC1. The monoisotopic (exact) mass is 306 g/mol. The number of nitrogens with zero attached hydrogens (tertiary/aromatic N) is 3. The van der Waals surface area contributed by atoms with Gasteiger partial charge in [-0.1, -0.05) is 12.8 Å². The first-order valence-corrected chi connectivity index (χ1v) is 8.33. The van der Waals surface area contributed by atoms with Gasteiger partial charge in [-0.25, -0.2) is 9.78 Å².